The molecule has 0 bridgehead atoms. The number of nitrogens with zero attached hydrogens (tertiary/aromatic N) is 1. The molecule has 0 spiro atoms. The van der Waals surface area contributed by atoms with Gasteiger partial charge in [-0.2, -0.15) is 0 Å². The van der Waals surface area contributed by atoms with Crippen LogP contribution in [0.5, 0.6) is 0 Å². The number of aliphatic hydroxyl groups excluding tert-OH is 1. The molecule has 0 saturated heterocycles. The van der Waals surface area contributed by atoms with Crippen molar-refractivity contribution in [2.75, 3.05) is 19.7 Å². The van der Waals surface area contributed by atoms with E-state index in [-0.39, 0.29) is 36.9 Å². The molecular weight excluding hydrogens is 667 g/mol. The van der Waals surface area contributed by atoms with Gasteiger partial charge < -0.3 is 19.9 Å². The highest BCUT2D eigenvalue weighted by molar-refractivity contribution is 7.89. The summed E-state index contributed by atoms with van der Waals surface area (Å²) in [5, 5.41) is 23.9. The molecular formula is C40H59N3O7S. The van der Waals surface area contributed by atoms with Crippen molar-refractivity contribution in [3.63, 3.8) is 0 Å². The first-order chi connectivity index (χ1) is 24.8. The van der Waals surface area contributed by atoms with Crippen LogP contribution in [0.1, 0.15) is 102 Å². The van der Waals surface area contributed by atoms with Crippen LogP contribution < -0.4 is 10.0 Å². The van der Waals surface area contributed by atoms with Gasteiger partial charge in [-0.15, -0.1) is 0 Å². The summed E-state index contributed by atoms with van der Waals surface area (Å²) in [5.41, 5.74) is 1.74. The van der Waals surface area contributed by atoms with E-state index in [0.29, 0.717) is 13.0 Å². The first-order valence-electron chi connectivity index (χ1n) is 18.7. The first-order valence-corrected chi connectivity index (χ1v) is 20.2. The molecule has 0 unspecified atom stereocenters. The van der Waals surface area contributed by atoms with E-state index in [1.807, 2.05) is 60.7 Å². The molecule has 3 aromatic rings. The highest BCUT2D eigenvalue weighted by Crippen LogP contribution is 2.23. The lowest BCUT2D eigenvalue weighted by molar-refractivity contribution is -0.384. The molecule has 11 heteroatoms. The third-order valence-corrected chi connectivity index (χ3v) is 10.5. The average Bonchev–Trinajstić information content (AvgIpc) is 3.14. The second-order valence-electron chi connectivity index (χ2n) is 13.2. The fraction of sp³-hybridized carbons (Fsp3) is 0.550. The summed E-state index contributed by atoms with van der Waals surface area (Å²) in [6.07, 6.45) is 14.2. The number of rotatable bonds is 29. The number of sulfonamides is 1. The van der Waals surface area contributed by atoms with Gasteiger partial charge in [0.25, 0.3) is 5.69 Å². The quantitative estimate of drug-likeness (QED) is 0.0371. The molecule has 0 fully saturated rings. The fourth-order valence-corrected chi connectivity index (χ4v) is 7.38. The number of benzene rings is 3. The third-order valence-electron chi connectivity index (χ3n) is 9.01. The van der Waals surface area contributed by atoms with Crippen molar-refractivity contribution in [2.24, 2.45) is 0 Å². The van der Waals surface area contributed by atoms with Crippen molar-refractivity contribution in [3.05, 3.63) is 106 Å². The second-order valence-corrected chi connectivity index (χ2v) is 14.9. The molecule has 0 aromatic heterocycles. The molecule has 3 aromatic carbocycles. The van der Waals surface area contributed by atoms with Gasteiger partial charge in [-0.05, 0) is 29.7 Å². The average molecular weight is 726 g/mol. The first kappa shape index (κ1) is 42.2. The van der Waals surface area contributed by atoms with Crippen molar-refractivity contribution in [1.82, 2.24) is 10.0 Å². The van der Waals surface area contributed by atoms with E-state index >= 15 is 0 Å². The second kappa shape index (κ2) is 24.9. The van der Waals surface area contributed by atoms with Crippen LogP contribution in [0.3, 0.4) is 0 Å². The molecule has 0 aliphatic heterocycles. The molecule has 0 aliphatic carbocycles. The molecule has 0 heterocycles. The Morgan fingerprint density at radius 3 is 1.75 bits per heavy atom. The Hall–Kier alpha value is -3.19. The third kappa shape index (κ3) is 16.8. The van der Waals surface area contributed by atoms with Crippen LogP contribution in [0.4, 0.5) is 5.69 Å². The van der Waals surface area contributed by atoms with Gasteiger partial charge in [-0.1, -0.05) is 145 Å². The molecule has 0 amide bonds. The van der Waals surface area contributed by atoms with E-state index in [4.69, 9.17) is 9.47 Å². The van der Waals surface area contributed by atoms with E-state index < -0.39 is 33.2 Å². The Kier molecular flexibility index (Phi) is 20.6. The van der Waals surface area contributed by atoms with Crippen LogP contribution in [0.15, 0.2) is 89.8 Å². The smallest absolute Gasteiger partial charge is 0.269 e. The minimum atomic E-state index is -4.13. The van der Waals surface area contributed by atoms with E-state index in [2.05, 4.69) is 17.0 Å². The summed E-state index contributed by atoms with van der Waals surface area (Å²) >= 11 is 0. The Balaban J connectivity index is 1.79. The van der Waals surface area contributed by atoms with Crippen molar-refractivity contribution in [3.8, 4) is 0 Å². The van der Waals surface area contributed by atoms with Gasteiger partial charge in [0.05, 0.1) is 41.8 Å². The number of ether oxygens (including phenoxy) is 2. The largest absolute Gasteiger partial charge is 0.395 e. The SMILES string of the molecule is CCCCCCCCCCCCCC[C@@H](OCc1ccccc1)[C@@H](OCc1ccccc1)[C@H](CNCCO)NS(=O)(=O)c1ccc([N+](=O)[O-])cc1. The number of unbranched alkanes of at least 4 members (excludes halogenated alkanes) is 11. The Morgan fingerprint density at radius 1 is 0.725 bits per heavy atom. The summed E-state index contributed by atoms with van der Waals surface area (Å²) in [6.45, 7) is 3.12. The number of hydrogen-bond donors (Lipinski definition) is 3. The van der Waals surface area contributed by atoms with Crippen LogP contribution in [0.2, 0.25) is 0 Å². The molecule has 0 aliphatic rings. The monoisotopic (exact) mass is 725 g/mol. The topological polar surface area (TPSA) is 140 Å². The van der Waals surface area contributed by atoms with Gasteiger partial charge in [0, 0.05) is 25.2 Å². The Morgan fingerprint density at radius 2 is 1.24 bits per heavy atom. The summed E-state index contributed by atoms with van der Waals surface area (Å²) < 4.78 is 43.6. The molecule has 3 rings (SSSR count). The van der Waals surface area contributed by atoms with Crippen molar-refractivity contribution in [2.45, 2.75) is 127 Å². The lowest BCUT2D eigenvalue weighted by atomic mass is 9.98. The van der Waals surface area contributed by atoms with Gasteiger partial charge >= 0.3 is 0 Å². The zero-order valence-electron chi connectivity index (χ0n) is 30.3. The predicted molar refractivity (Wildman–Crippen MR) is 203 cm³/mol. The van der Waals surface area contributed by atoms with Crippen LogP contribution in [-0.2, 0) is 32.7 Å². The number of hydrogen-bond acceptors (Lipinski definition) is 8. The molecule has 10 nitrogen and oxygen atoms in total. The standard InChI is InChI=1S/C40H59N3O7S/c1-2-3-4-5-6-7-8-9-10-11-12-19-24-39(49-32-34-20-15-13-16-21-34)40(50-33-35-22-17-14-18-23-35)38(31-41-29-30-44)42-51(47,48)37-27-25-36(26-28-37)43(45)46/h13-18,20-23,25-28,38-42,44H,2-12,19,24,29-33H2,1H3/t38-,39+,40-/m0/s1. The number of nitrogens with one attached hydrogen (secondary N) is 2. The van der Waals surface area contributed by atoms with E-state index in [9.17, 15) is 23.6 Å². The van der Waals surface area contributed by atoms with Crippen molar-refractivity contribution < 1.29 is 27.9 Å². The maximum absolute atomic E-state index is 13.8. The Bertz CT molecular complexity index is 1440. The minimum absolute atomic E-state index is 0.0928. The van der Waals surface area contributed by atoms with Gasteiger partial charge in [0.1, 0.15) is 6.10 Å². The molecule has 0 radical (unpaired) electrons. The van der Waals surface area contributed by atoms with Gasteiger partial charge in [-0.25, -0.2) is 13.1 Å². The number of nitro benzene ring substituents is 1. The molecule has 282 valence electrons. The maximum Gasteiger partial charge on any atom is 0.269 e. The Labute approximate surface area is 305 Å². The van der Waals surface area contributed by atoms with Crippen LogP contribution in [-0.4, -0.2) is 56.4 Å². The zero-order valence-corrected chi connectivity index (χ0v) is 31.1. The number of nitro groups is 1. The maximum atomic E-state index is 13.8. The summed E-state index contributed by atoms with van der Waals surface area (Å²) in [5.74, 6) is 0. The van der Waals surface area contributed by atoms with Crippen LogP contribution >= 0.6 is 0 Å². The van der Waals surface area contributed by atoms with Gasteiger partial charge in [0.15, 0.2) is 0 Å². The van der Waals surface area contributed by atoms with E-state index in [1.54, 1.807) is 0 Å². The molecule has 3 atom stereocenters. The normalized spacial score (nSPS) is 13.5. The minimum Gasteiger partial charge on any atom is -0.395 e. The number of aliphatic hydroxyl groups is 1. The molecule has 51 heavy (non-hydrogen) atoms. The highest BCUT2D eigenvalue weighted by atomic mass is 32.2. The zero-order chi connectivity index (χ0) is 36.6. The van der Waals surface area contributed by atoms with Crippen molar-refractivity contribution in [1.29, 1.82) is 0 Å². The van der Waals surface area contributed by atoms with Crippen LogP contribution in [0.25, 0.3) is 0 Å². The van der Waals surface area contributed by atoms with E-state index in [1.165, 1.54) is 82.1 Å². The summed E-state index contributed by atoms with van der Waals surface area (Å²) in [4.78, 5) is 10.6. The summed E-state index contributed by atoms with van der Waals surface area (Å²) in [6, 6.07) is 23.6. The highest BCUT2D eigenvalue weighted by Gasteiger charge is 2.34. The number of non-ortho nitro benzene ring substituents is 1. The van der Waals surface area contributed by atoms with Crippen molar-refractivity contribution >= 4 is 15.7 Å². The van der Waals surface area contributed by atoms with Gasteiger partial charge in [0.2, 0.25) is 10.0 Å². The van der Waals surface area contributed by atoms with E-state index in [0.717, 1.165) is 30.4 Å². The lowest BCUT2D eigenvalue weighted by Gasteiger charge is -2.34. The molecule has 3 N–H and O–H groups in total. The summed E-state index contributed by atoms with van der Waals surface area (Å²) in [7, 11) is -4.13. The van der Waals surface area contributed by atoms with Crippen LogP contribution in [0, 0.1) is 10.1 Å². The lowest BCUT2D eigenvalue weighted by Crippen LogP contribution is -2.55. The predicted octanol–water partition coefficient (Wildman–Crippen LogP) is 8.09. The van der Waals surface area contributed by atoms with Gasteiger partial charge in [-0.3, -0.25) is 10.1 Å². The molecule has 0 saturated carbocycles. The fourth-order valence-electron chi connectivity index (χ4n) is 6.13.